The summed E-state index contributed by atoms with van der Waals surface area (Å²) in [5.41, 5.74) is 1.63. The van der Waals surface area contributed by atoms with Crippen molar-refractivity contribution in [2.24, 2.45) is 4.36 Å². The van der Waals surface area contributed by atoms with Crippen molar-refractivity contribution in [3.8, 4) is 0 Å². The van der Waals surface area contributed by atoms with Gasteiger partial charge in [-0.1, -0.05) is 6.58 Å². The molecule has 1 amide bonds. The zero-order valence-electron chi connectivity index (χ0n) is 14.9. The minimum Gasteiger partial charge on any atom is -0.448 e. The molecule has 0 aliphatic heterocycles. The molecule has 1 unspecified atom stereocenters. The van der Waals surface area contributed by atoms with Gasteiger partial charge in [0.05, 0.1) is 11.5 Å². The van der Waals surface area contributed by atoms with Crippen LogP contribution in [0.3, 0.4) is 0 Å². The molecule has 2 rings (SSSR count). The molecule has 1 heterocycles. The summed E-state index contributed by atoms with van der Waals surface area (Å²) in [6.07, 6.45) is 0.824. The van der Waals surface area contributed by atoms with Crippen LogP contribution < -0.4 is 10.6 Å². The molecular weight excluding hydrogens is 354 g/mol. The van der Waals surface area contributed by atoms with E-state index in [9.17, 15) is 9.00 Å². The number of carbonyl (C=O) groups is 1. The molecule has 1 atom stereocenters. The fraction of sp³-hybridized carbons (Fsp3) is 0.235. The normalized spacial score (nSPS) is 12.6. The Balaban J connectivity index is 2.26. The van der Waals surface area contributed by atoms with Crippen LogP contribution in [0.1, 0.15) is 12.5 Å². The van der Waals surface area contributed by atoms with Crippen LogP contribution in [0.5, 0.6) is 0 Å². The van der Waals surface area contributed by atoms with Crippen molar-refractivity contribution in [1.29, 1.82) is 0 Å². The van der Waals surface area contributed by atoms with Crippen molar-refractivity contribution in [3.05, 3.63) is 48.0 Å². The van der Waals surface area contributed by atoms with E-state index in [1.54, 1.807) is 44.4 Å². The van der Waals surface area contributed by atoms with E-state index >= 15 is 0 Å². The van der Waals surface area contributed by atoms with Crippen molar-refractivity contribution in [1.82, 2.24) is 9.97 Å². The maximum atomic E-state index is 12.8. The highest BCUT2D eigenvalue weighted by molar-refractivity contribution is 7.96. The Hall–Kier alpha value is -2.94. The van der Waals surface area contributed by atoms with Crippen LogP contribution in [-0.2, 0) is 14.5 Å². The number of amides is 1. The van der Waals surface area contributed by atoms with Crippen molar-refractivity contribution < 1.29 is 13.7 Å². The summed E-state index contributed by atoms with van der Waals surface area (Å²) in [4.78, 5) is 20.5. The van der Waals surface area contributed by atoms with Crippen molar-refractivity contribution in [3.63, 3.8) is 0 Å². The van der Waals surface area contributed by atoms with E-state index in [1.165, 1.54) is 0 Å². The van der Waals surface area contributed by atoms with Crippen LogP contribution in [0, 0.1) is 6.92 Å². The number of hydrogen-bond acceptors (Lipinski definition) is 7. The maximum absolute atomic E-state index is 12.8. The lowest BCUT2D eigenvalue weighted by atomic mass is 10.3. The van der Waals surface area contributed by atoms with Crippen molar-refractivity contribution in [2.45, 2.75) is 18.7 Å². The Morgan fingerprint density at radius 3 is 2.65 bits per heavy atom. The minimum absolute atomic E-state index is 0.156. The van der Waals surface area contributed by atoms with Gasteiger partial charge in [-0.25, -0.2) is 14.0 Å². The van der Waals surface area contributed by atoms with E-state index in [0.29, 0.717) is 16.5 Å². The molecule has 0 bridgehead atoms. The lowest BCUT2D eigenvalue weighted by Gasteiger charge is -2.10. The number of aryl methyl sites for hydroxylation is 1. The summed E-state index contributed by atoms with van der Waals surface area (Å²) in [6.45, 7) is 7.23. The van der Waals surface area contributed by atoms with Crippen LogP contribution in [0.4, 0.5) is 22.2 Å². The zero-order chi connectivity index (χ0) is 19.2. The molecule has 138 valence electrons. The maximum Gasteiger partial charge on any atom is 0.442 e. The first-order valence-electron chi connectivity index (χ1n) is 7.86. The monoisotopic (exact) mass is 375 g/mol. The molecule has 0 saturated heterocycles. The Morgan fingerprint density at radius 1 is 1.38 bits per heavy atom. The molecule has 2 N–H and O–H groups in total. The largest absolute Gasteiger partial charge is 0.448 e. The van der Waals surface area contributed by atoms with E-state index in [0.717, 1.165) is 16.8 Å². The van der Waals surface area contributed by atoms with Gasteiger partial charge in [0.15, 0.2) is 0 Å². The van der Waals surface area contributed by atoms with Crippen molar-refractivity contribution >= 4 is 33.3 Å². The first-order chi connectivity index (χ1) is 12.4. The van der Waals surface area contributed by atoms with Gasteiger partial charge < -0.3 is 15.4 Å². The molecule has 1 aromatic heterocycles. The van der Waals surface area contributed by atoms with E-state index < -0.39 is 15.8 Å². The second kappa shape index (κ2) is 8.43. The highest BCUT2D eigenvalue weighted by Gasteiger charge is 2.12. The topological polar surface area (TPSA) is 106 Å². The summed E-state index contributed by atoms with van der Waals surface area (Å²) in [5.74, 6) is 1.15. The van der Waals surface area contributed by atoms with Gasteiger partial charge in [-0.05, 0) is 38.1 Å². The molecule has 0 aliphatic rings. The van der Waals surface area contributed by atoms with Crippen LogP contribution in [-0.4, -0.2) is 33.9 Å². The molecular formula is C17H21N5O3S. The van der Waals surface area contributed by atoms with Crippen LogP contribution in [0.15, 0.2) is 51.7 Å². The Labute approximate surface area is 152 Å². The minimum atomic E-state index is -3.09. The lowest BCUT2D eigenvalue weighted by molar-refractivity contribution is 0.164. The first-order valence-corrected chi connectivity index (χ1v) is 9.44. The fourth-order valence-electron chi connectivity index (χ4n) is 2.06. The van der Waals surface area contributed by atoms with E-state index in [-0.39, 0.29) is 6.61 Å². The highest BCUT2D eigenvalue weighted by Crippen LogP contribution is 2.21. The average Bonchev–Trinajstić information content (AvgIpc) is 2.64. The highest BCUT2D eigenvalue weighted by atomic mass is 32.2. The van der Waals surface area contributed by atoms with Gasteiger partial charge in [0, 0.05) is 29.9 Å². The van der Waals surface area contributed by atoms with Gasteiger partial charge >= 0.3 is 6.09 Å². The van der Waals surface area contributed by atoms with E-state index in [1.807, 2.05) is 6.92 Å². The number of aromatic nitrogens is 2. The zero-order valence-corrected chi connectivity index (χ0v) is 15.7. The molecule has 0 spiro atoms. The predicted molar refractivity (Wildman–Crippen MR) is 102 cm³/mol. The van der Waals surface area contributed by atoms with Gasteiger partial charge in [-0.15, -0.1) is 4.36 Å². The number of anilines is 3. The fourth-order valence-corrected chi connectivity index (χ4v) is 3.24. The van der Waals surface area contributed by atoms with Gasteiger partial charge in [0.2, 0.25) is 5.95 Å². The lowest BCUT2D eigenvalue weighted by Crippen LogP contribution is -2.05. The SMILES string of the molecule is C=CS(=O)(=NC(=O)OCC)c1ccc(Nc2ncc(C)c(NC)n2)cc1. The third-order valence-electron chi connectivity index (χ3n) is 3.36. The van der Waals surface area contributed by atoms with Crippen LogP contribution in [0.25, 0.3) is 0 Å². The summed E-state index contributed by atoms with van der Waals surface area (Å²) in [5, 5.41) is 7.20. The molecule has 0 radical (unpaired) electrons. The second-order valence-corrected chi connectivity index (χ2v) is 7.27. The number of nitrogens with one attached hydrogen (secondary N) is 2. The van der Waals surface area contributed by atoms with E-state index in [4.69, 9.17) is 4.74 Å². The van der Waals surface area contributed by atoms with Gasteiger partial charge in [-0.2, -0.15) is 4.98 Å². The molecule has 8 nitrogen and oxygen atoms in total. The standard InChI is InChI=1S/C17H21N5O3S/c1-5-25-17(23)22-26(24,6-2)14-9-7-13(8-10-14)20-16-19-11-12(3)15(18-4)21-16/h6-11H,2,5H2,1,3-4H3,(H2,18,19,20,21). The molecule has 26 heavy (non-hydrogen) atoms. The quantitative estimate of drug-likeness (QED) is 0.793. The summed E-state index contributed by atoms with van der Waals surface area (Å²) >= 11 is 0. The number of hydrogen-bond donors (Lipinski definition) is 2. The Bertz CT molecular complexity index is 918. The number of rotatable bonds is 6. The number of ether oxygens (including phenoxy) is 1. The smallest absolute Gasteiger partial charge is 0.442 e. The third-order valence-corrected chi connectivity index (χ3v) is 5.18. The molecule has 9 heteroatoms. The molecule has 2 aromatic rings. The molecule has 0 fully saturated rings. The predicted octanol–water partition coefficient (Wildman–Crippen LogP) is 3.70. The number of nitrogens with zero attached hydrogens (tertiary/aromatic N) is 3. The molecule has 1 aromatic carbocycles. The van der Waals surface area contributed by atoms with Gasteiger partial charge in [-0.3, -0.25) is 0 Å². The second-order valence-electron chi connectivity index (χ2n) is 5.15. The van der Waals surface area contributed by atoms with Gasteiger partial charge in [0.25, 0.3) is 0 Å². The Morgan fingerprint density at radius 2 is 2.08 bits per heavy atom. The summed E-state index contributed by atoms with van der Waals surface area (Å²) < 4.78 is 21.1. The van der Waals surface area contributed by atoms with E-state index in [2.05, 4.69) is 31.5 Å². The van der Waals surface area contributed by atoms with Gasteiger partial charge in [0.1, 0.15) is 15.5 Å². The van der Waals surface area contributed by atoms with Crippen LogP contribution in [0.2, 0.25) is 0 Å². The number of carbonyl (C=O) groups excluding carboxylic acids is 1. The summed E-state index contributed by atoms with van der Waals surface area (Å²) in [7, 11) is -1.30. The molecule has 0 aliphatic carbocycles. The first kappa shape index (κ1) is 19.4. The summed E-state index contributed by atoms with van der Waals surface area (Å²) in [6, 6.07) is 6.59. The average molecular weight is 375 g/mol. The van der Waals surface area contributed by atoms with Crippen LogP contribution >= 0.6 is 0 Å². The number of benzene rings is 1. The molecule has 0 saturated carbocycles. The third kappa shape index (κ3) is 4.57. The Kier molecular flexibility index (Phi) is 6.29. The van der Waals surface area contributed by atoms with Crippen molar-refractivity contribution in [2.75, 3.05) is 24.3 Å².